The summed E-state index contributed by atoms with van der Waals surface area (Å²) in [5.74, 6) is 1.27. The van der Waals surface area contributed by atoms with Gasteiger partial charge in [0.15, 0.2) is 5.82 Å². The molecule has 0 saturated heterocycles. The van der Waals surface area contributed by atoms with Gasteiger partial charge in [0.1, 0.15) is 5.82 Å². The van der Waals surface area contributed by atoms with Crippen LogP contribution in [0.3, 0.4) is 0 Å². The average Bonchev–Trinajstić information content (AvgIpc) is 2.81. The molecule has 22 heavy (non-hydrogen) atoms. The van der Waals surface area contributed by atoms with E-state index in [-0.39, 0.29) is 12.3 Å². The van der Waals surface area contributed by atoms with Crippen LogP contribution in [-0.2, 0) is 11.2 Å². The minimum Gasteiger partial charge on any atom is -0.310 e. The SMILES string of the molecule is Cc1cccc(NC(=O)Cc2nc3nc(C)cc(C)n3n2)n1. The fourth-order valence-corrected chi connectivity index (χ4v) is 2.23. The number of amides is 1. The molecule has 0 aromatic carbocycles. The molecule has 1 amide bonds. The van der Waals surface area contributed by atoms with Crippen LogP contribution in [0.2, 0.25) is 0 Å². The Morgan fingerprint density at radius 2 is 1.95 bits per heavy atom. The summed E-state index contributed by atoms with van der Waals surface area (Å²) in [6, 6.07) is 7.38. The summed E-state index contributed by atoms with van der Waals surface area (Å²) < 4.78 is 1.64. The first kappa shape index (κ1) is 14.1. The molecule has 0 unspecified atom stereocenters. The number of fused-ring (bicyclic) bond motifs is 1. The second-order valence-electron chi connectivity index (χ2n) is 5.17. The molecule has 3 aromatic heterocycles. The predicted molar refractivity (Wildman–Crippen MR) is 81.6 cm³/mol. The molecule has 0 atom stereocenters. The Morgan fingerprint density at radius 1 is 1.14 bits per heavy atom. The lowest BCUT2D eigenvalue weighted by Gasteiger charge is -2.03. The first-order valence-electron chi connectivity index (χ1n) is 6.95. The number of anilines is 1. The Labute approximate surface area is 127 Å². The van der Waals surface area contributed by atoms with E-state index in [1.807, 2.05) is 39.0 Å². The van der Waals surface area contributed by atoms with Crippen LogP contribution in [0.5, 0.6) is 0 Å². The van der Waals surface area contributed by atoms with Gasteiger partial charge >= 0.3 is 0 Å². The van der Waals surface area contributed by atoms with Crippen molar-refractivity contribution in [3.8, 4) is 0 Å². The highest BCUT2D eigenvalue weighted by atomic mass is 16.1. The van der Waals surface area contributed by atoms with Gasteiger partial charge in [-0.2, -0.15) is 4.98 Å². The van der Waals surface area contributed by atoms with E-state index in [2.05, 4.69) is 25.4 Å². The number of aromatic nitrogens is 5. The maximum atomic E-state index is 12.1. The number of nitrogens with zero attached hydrogens (tertiary/aromatic N) is 5. The van der Waals surface area contributed by atoms with E-state index in [9.17, 15) is 4.79 Å². The van der Waals surface area contributed by atoms with Crippen molar-refractivity contribution in [3.05, 3.63) is 47.2 Å². The first-order chi connectivity index (χ1) is 10.5. The van der Waals surface area contributed by atoms with Gasteiger partial charge in [-0.05, 0) is 39.0 Å². The van der Waals surface area contributed by atoms with Crippen LogP contribution in [0.15, 0.2) is 24.3 Å². The van der Waals surface area contributed by atoms with Crippen molar-refractivity contribution < 1.29 is 4.79 Å². The van der Waals surface area contributed by atoms with E-state index in [0.29, 0.717) is 17.4 Å². The number of carbonyl (C=O) groups is 1. The number of pyridine rings is 1. The largest absolute Gasteiger partial charge is 0.310 e. The Bertz CT molecular complexity index is 854. The van der Waals surface area contributed by atoms with Gasteiger partial charge in [0, 0.05) is 17.1 Å². The summed E-state index contributed by atoms with van der Waals surface area (Å²) in [6.45, 7) is 5.70. The van der Waals surface area contributed by atoms with E-state index in [1.165, 1.54) is 0 Å². The summed E-state index contributed by atoms with van der Waals surface area (Å²) in [5, 5.41) is 7.06. The van der Waals surface area contributed by atoms with Gasteiger partial charge in [-0.15, -0.1) is 5.10 Å². The van der Waals surface area contributed by atoms with Gasteiger partial charge in [-0.3, -0.25) is 4.79 Å². The summed E-state index contributed by atoms with van der Waals surface area (Å²) in [7, 11) is 0. The Morgan fingerprint density at radius 3 is 2.73 bits per heavy atom. The molecular formula is C15H16N6O. The smallest absolute Gasteiger partial charge is 0.252 e. The number of hydrogen-bond acceptors (Lipinski definition) is 5. The molecule has 0 aliphatic carbocycles. The molecule has 1 N–H and O–H groups in total. The zero-order valence-electron chi connectivity index (χ0n) is 12.7. The maximum Gasteiger partial charge on any atom is 0.252 e. The standard InChI is InChI=1S/C15H16N6O/c1-9-5-4-6-12(16-9)18-14(22)8-13-19-15-17-10(2)7-11(3)21(15)20-13/h4-7H,8H2,1-3H3,(H,16,18,22). The minimum atomic E-state index is -0.205. The van der Waals surface area contributed by atoms with Gasteiger partial charge < -0.3 is 5.32 Å². The third-order valence-electron chi connectivity index (χ3n) is 3.14. The zero-order valence-corrected chi connectivity index (χ0v) is 12.7. The van der Waals surface area contributed by atoms with Crippen molar-refractivity contribution >= 4 is 17.5 Å². The molecule has 3 aromatic rings. The van der Waals surface area contributed by atoms with Crippen LogP contribution in [0.1, 0.15) is 22.9 Å². The third kappa shape index (κ3) is 2.93. The summed E-state index contributed by atoms with van der Waals surface area (Å²) >= 11 is 0. The van der Waals surface area contributed by atoms with E-state index < -0.39 is 0 Å². The topological polar surface area (TPSA) is 85.1 Å². The lowest BCUT2D eigenvalue weighted by atomic mass is 10.3. The maximum absolute atomic E-state index is 12.1. The van der Waals surface area contributed by atoms with E-state index >= 15 is 0 Å². The molecule has 0 bridgehead atoms. The second kappa shape index (κ2) is 5.51. The molecule has 112 valence electrons. The normalized spacial score (nSPS) is 10.9. The van der Waals surface area contributed by atoms with Gasteiger partial charge in [0.2, 0.25) is 5.91 Å². The molecule has 7 nitrogen and oxygen atoms in total. The summed E-state index contributed by atoms with van der Waals surface area (Å²) in [6.07, 6.45) is 0.0808. The van der Waals surface area contributed by atoms with Crippen LogP contribution < -0.4 is 5.32 Å². The van der Waals surface area contributed by atoms with Gasteiger partial charge in [0.05, 0.1) is 6.42 Å². The number of nitrogens with one attached hydrogen (secondary N) is 1. The molecule has 3 rings (SSSR count). The van der Waals surface area contributed by atoms with Crippen molar-refractivity contribution in [3.63, 3.8) is 0 Å². The van der Waals surface area contributed by atoms with Crippen LogP contribution in [-0.4, -0.2) is 30.5 Å². The molecule has 0 aliphatic heterocycles. The van der Waals surface area contributed by atoms with Crippen molar-refractivity contribution in [1.82, 2.24) is 24.6 Å². The highest BCUT2D eigenvalue weighted by Crippen LogP contribution is 2.07. The van der Waals surface area contributed by atoms with Crippen molar-refractivity contribution in [2.45, 2.75) is 27.2 Å². The van der Waals surface area contributed by atoms with Gasteiger partial charge in [-0.1, -0.05) is 6.07 Å². The van der Waals surface area contributed by atoms with Gasteiger partial charge in [-0.25, -0.2) is 14.5 Å². The molecule has 0 aliphatic rings. The molecule has 3 heterocycles. The third-order valence-corrected chi connectivity index (χ3v) is 3.14. The fraction of sp³-hybridized carbons (Fsp3) is 0.267. The molecule has 0 saturated carbocycles. The molecule has 7 heteroatoms. The Hall–Kier alpha value is -2.83. The summed E-state index contributed by atoms with van der Waals surface area (Å²) in [5.41, 5.74) is 2.65. The van der Waals surface area contributed by atoms with Gasteiger partial charge in [0.25, 0.3) is 5.78 Å². The number of aryl methyl sites for hydroxylation is 3. The molecule has 0 spiro atoms. The average molecular weight is 296 g/mol. The first-order valence-corrected chi connectivity index (χ1v) is 6.95. The molecule has 0 radical (unpaired) electrons. The van der Waals surface area contributed by atoms with E-state index in [0.717, 1.165) is 17.1 Å². The summed E-state index contributed by atoms with van der Waals surface area (Å²) in [4.78, 5) is 24.9. The van der Waals surface area contributed by atoms with Crippen molar-refractivity contribution in [2.24, 2.45) is 0 Å². The van der Waals surface area contributed by atoms with Crippen LogP contribution in [0, 0.1) is 20.8 Å². The highest BCUT2D eigenvalue weighted by molar-refractivity contribution is 5.90. The Balaban J connectivity index is 1.78. The molecule has 0 fully saturated rings. The number of rotatable bonds is 3. The minimum absolute atomic E-state index is 0.0808. The quantitative estimate of drug-likeness (QED) is 0.794. The van der Waals surface area contributed by atoms with E-state index in [4.69, 9.17) is 0 Å². The predicted octanol–water partition coefficient (Wildman–Crippen LogP) is 1.63. The van der Waals surface area contributed by atoms with Crippen molar-refractivity contribution in [1.29, 1.82) is 0 Å². The van der Waals surface area contributed by atoms with Crippen LogP contribution >= 0.6 is 0 Å². The van der Waals surface area contributed by atoms with E-state index in [1.54, 1.807) is 10.6 Å². The lowest BCUT2D eigenvalue weighted by Crippen LogP contribution is -2.16. The van der Waals surface area contributed by atoms with Crippen LogP contribution in [0.25, 0.3) is 5.78 Å². The number of hydrogen-bond donors (Lipinski definition) is 1. The van der Waals surface area contributed by atoms with Crippen LogP contribution in [0.4, 0.5) is 5.82 Å². The monoisotopic (exact) mass is 296 g/mol. The second-order valence-corrected chi connectivity index (χ2v) is 5.17. The molecular weight excluding hydrogens is 280 g/mol. The fourth-order valence-electron chi connectivity index (χ4n) is 2.23. The highest BCUT2D eigenvalue weighted by Gasteiger charge is 2.12. The Kier molecular flexibility index (Phi) is 3.54. The zero-order chi connectivity index (χ0) is 15.7. The number of carbonyl (C=O) groups excluding carboxylic acids is 1. The lowest BCUT2D eigenvalue weighted by molar-refractivity contribution is -0.115. The van der Waals surface area contributed by atoms with Crippen molar-refractivity contribution in [2.75, 3.05) is 5.32 Å².